The summed E-state index contributed by atoms with van der Waals surface area (Å²) in [6, 6.07) is 18.6. The third-order valence-corrected chi connectivity index (χ3v) is 11.5. The Morgan fingerprint density at radius 1 is 1.04 bits per heavy atom. The number of aromatic nitrogens is 5. The number of aromatic carboxylic acids is 1. The van der Waals surface area contributed by atoms with Crippen LogP contribution < -0.4 is 4.74 Å². The SMILES string of the molecule is COCCn1nc2cc1CSc1cc(c3ccccc3c1)OCCCc1c(C(=O)O)n(C)c3c(c(Cl)ccc13)-c1c(nn(C)c1C)CSC2. The summed E-state index contributed by atoms with van der Waals surface area (Å²) >= 11 is 10.5. The number of thioether (sulfide) groups is 2. The highest BCUT2D eigenvalue weighted by Gasteiger charge is 2.27. The van der Waals surface area contributed by atoms with Crippen LogP contribution in [0.5, 0.6) is 5.75 Å². The van der Waals surface area contributed by atoms with Gasteiger partial charge in [-0.1, -0.05) is 41.9 Å². The van der Waals surface area contributed by atoms with E-state index in [1.54, 1.807) is 35.2 Å². The molecule has 7 rings (SSSR count). The molecule has 1 aliphatic rings. The molecule has 12 heteroatoms. The standard InChI is InChI=1S/C37H38ClN5O4S2/c1-22-33-31(40-42(22)3)21-48-19-24-17-25(43(39-24)13-15-46-4)20-49-26-16-23-8-5-6-9-27(23)32(18-26)47-14-7-10-28-29-11-12-30(38)34(33)35(29)41(2)36(28)37(44)45/h5-6,8-9,11-12,16-18H,7,10,13-15,19-21H2,1-4H3,(H,44,45). The zero-order valence-corrected chi connectivity index (χ0v) is 30.3. The molecule has 6 aromatic rings. The van der Waals surface area contributed by atoms with Gasteiger partial charge in [0.05, 0.1) is 41.7 Å². The van der Waals surface area contributed by atoms with Gasteiger partial charge in [0, 0.05) is 76.6 Å². The Morgan fingerprint density at radius 3 is 2.69 bits per heavy atom. The van der Waals surface area contributed by atoms with Crippen molar-refractivity contribution >= 4 is 62.8 Å². The summed E-state index contributed by atoms with van der Waals surface area (Å²) in [5.74, 6) is 1.94. The normalized spacial score (nSPS) is 14.1. The summed E-state index contributed by atoms with van der Waals surface area (Å²) in [6.45, 7) is 3.72. The smallest absolute Gasteiger partial charge is 0.352 e. The Balaban J connectivity index is 1.35. The molecule has 8 bridgehead atoms. The zero-order valence-electron chi connectivity index (χ0n) is 28.0. The Kier molecular flexibility index (Phi) is 9.70. The van der Waals surface area contributed by atoms with Crippen molar-refractivity contribution in [1.82, 2.24) is 24.1 Å². The van der Waals surface area contributed by atoms with Crippen LogP contribution in [-0.2, 0) is 49.1 Å². The number of methoxy groups -OCH3 is 1. The first-order valence-corrected chi connectivity index (χ1v) is 18.7. The van der Waals surface area contributed by atoms with Crippen LogP contribution in [-0.4, -0.2) is 55.5 Å². The van der Waals surface area contributed by atoms with E-state index in [0.29, 0.717) is 49.1 Å². The Labute approximate surface area is 298 Å². The lowest BCUT2D eigenvalue weighted by atomic mass is 9.98. The van der Waals surface area contributed by atoms with Crippen LogP contribution in [0.2, 0.25) is 5.02 Å². The molecule has 254 valence electrons. The lowest BCUT2D eigenvalue weighted by Crippen LogP contribution is -2.09. The maximum absolute atomic E-state index is 12.8. The van der Waals surface area contributed by atoms with Gasteiger partial charge in [-0.25, -0.2) is 4.79 Å². The van der Waals surface area contributed by atoms with Gasteiger partial charge in [0.15, 0.2) is 0 Å². The quantitative estimate of drug-likeness (QED) is 0.195. The van der Waals surface area contributed by atoms with Gasteiger partial charge >= 0.3 is 5.97 Å². The molecule has 0 unspecified atom stereocenters. The third-order valence-electron chi connectivity index (χ3n) is 9.19. The summed E-state index contributed by atoms with van der Waals surface area (Å²) in [6.07, 6.45) is 1.17. The number of nitrogens with zero attached hydrogens (tertiary/aromatic N) is 5. The lowest BCUT2D eigenvalue weighted by Gasteiger charge is -2.13. The zero-order chi connectivity index (χ0) is 34.2. The van der Waals surface area contributed by atoms with Crippen LogP contribution in [0.15, 0.2) is 59.5 Å². The molecule has 3 aromatic heterocycles. The van der Waals surface area contributed by atoms with E-state index in [1.807, 2.05) is 50.0 Å². The molecule has 0 aliphatic carbocycles. The summed E-state index contributed by atoms with van der Waals surface area (Å²) < 4.78 is 17.6. The minimum Gasteiger partial charge on any atom is -0.493 e. The van der Waals surface area contributed by atoms with Crippen molar-refractivity contribution < 1.29 is 19.4 Å². The maximum Gasteiger partial charge on any atom is 0.352 e. The van der Waals surface area contributed by atoms with Gasteiger partial charge in [0.2, 0.25) is 0 Å². The predicted molar refractivity (Wildman–Crippen MR) is 198 cm³/mol. The van der Waals surface area contributed by atoms with E-state index >= 15 is 0 Å². The number of rotatable bonds is 4. The number of hydrogen-bond donors (Lipinski definition) is 1. The molecule has 0 saturated heterocycles. The predicted octanol–water partition coefficient (Wildman–Crippen LogP) is 8.29. The first-order chi connectivity index (χ1) is 23.7. The third kappa shape index (κ3) is 6.45. The number of carbonyl (C=O) groups is 1. The number of carboxylic acid groups (broad SMARTS) is 1. The van der Waals surface area contributed by atoms with Crippen molar-refractivity contribution in [1.29, 1.82) is 0 Å². The van der Waals surface area contributed by atoms with Gasteiger partial charge in [-0.2, -0.15) is 10.2 Å². The molecule has 0 spiro atoms. The molecule has 1 aliphatic heterocycles. The number of carboxylic acids is 1. The largest absolute Gasteiger partial charge is 0.493 e. The second-order valence-electron chi connectivity index (χ2n) is 12.3. The molecule has 3 aromatic carbocycles. The van der Waals surface area contributed by atoms with Crippen molar-refractivity contribution in [2.45, 2.75) is 48.5 Å². The molecular formula is C37H38ClN5O4S2. The molecule has 1 N–H and O–H groups in total. The lowest BCUT2D eigenvalue weighted by molar-refractivity contribution is 0.0685. The molecule has 0 radical (unpaired) electrons. The number of benzene rings is 3. The van der Waals surface area contributed by atoms with E-state index < -0.39 is 5.97 Å². The molecular weight excluding hydrogens is 678 g/mol. The Morgan fingerprint density at radius 2 is 1.88 bits per heavy atom. The molecule has 4 heterocycles. The summed E-state index contributed by atoms with van der Waals surface area (Å²) in [5.41, 5.74) is 7.60. The monoisotopic (exact) mass is 715 g/mol. The van der Waals surface area contributed by atoms with Crippen molar-refractivity contribution in [2.75, 3.05) is 20.3 Å². The van der Waals surface area contributed by atoms with E-state index in [1.165, 1.54) is 0 Å². The van der Waals surface area contributed by atoms with Crippen molar-refractivity contribution in [3.8, 4) is 16.9 Å². The van der Waals surface area contributed by atoms with Gasteiger partial charge < -0.3 is 19.1 Å². The summed E-state index contributed by atoms with van der Waals surface area (Å²) in [5, 5.41) is 23.9. The maximum atomic E-state index is 12.8. The Hall–Kier alpha value is -3.90. The second-order valence-corrected chi connectivity index (χ2v) is 14.7. The van der Waals surface area contributed by atoms with Gasteiger partial charge in [-0.15, -0.1) is 23.5 Å². The fraction of sp³-hybridized carbons (Fsp3) is 0.324. The van der Waals surface area contributed by atoms with Crippen LogP contribution in [0.25, 0.3) is 32.8 Å². The first kappa shape index (κ1) is 33.6. The average Bonchev–Trinajstić information content (AvgIpc) is 3.70. The van der Waals surface area contributed by atoms with E-state index in [2.05, 4.69) is 35.0 Å². The van der Waals surface area contributed by atoms with Crippen LogP contribution in [0.1, 0.15) is 45.2 Å². The number of ether oxygens (including phenoxy) is 2. The second kappa shape index (κ2) is 14.1. The minimum absolute atomic E-state index is 0.266. The van der Waals surface area contributed by atoms with Crippen molar-refractivity contribution in [3.63, 3.8) is 0 Å². The number of fused-ring (bicyclic) bond motifs is 8. The highest BCUT2D eigenvalue weighted by Crippen LogP contribution is 2.43. The van der Waals surface area contributed by atoms with E-state index in [9.17, 15) is 9.90 Å². The van der Waals surface area contributed by atoms with Gasteiger partial charge in [-0.05, 0) is 55.0 Å². The van der Waals surface area contributed by atoms with E-state index in [4.69, 9.17) is 31.3 Å². The molecule has 0 saturated carbocycles. The number of aryl methyl sites for hydroxylation is 3. The van der Waals surface area contributed by atoms with Crippen LogP contribution in [0.3, 0.4) is 0 Å². The number of hydrogen-bond acceptors (Lipinski definition) is 7. The van der Waals surface area contributed by atoms with Crippen molar-refractivity contribution in [2.24, 2.45) is 14.1 Å². The molecule has 0 atom stereocenters. The fourth-order valence-corrected chi connectivity index (χ4v) is 8.87. The fourth-order valence-electron chi connectivity index (χ4n) is 6.83. The molecule has 0 fully saturated rings. The minimum atomic E-state index is -0.968. The number of halogens is 1. The van der Waals surface area contributed by atoms with Gasteiger partial charge in [0.1, 0.15) is 11.4 Å². The van der Waals surface area contributed by atoms with E-state index in [0.717, 1.165) is 77.5 Å². The Bertz CT molecular complexity index is 2200. The van der Waals surface area contributed by atoms with E-state index in [-0.39, 0.29) is 5.69 Å². The summed E-state index contributed by atoms with van der Waals surface area (Å²) in [4.78, 5) is 13.9. The highest BCUT2D eigenvalue weighted by molar-refractivity contribution is 7.98. The summed E-state index contributed by atoms with van der Waals surface area (Å²) in [7, 11) is 5.46. The van der Waals surface area contributed by atoms with Crippen molar-refractivity contribution in [3.05, 3.63) is 93.7 Å². The highest BCUT2D eigenvalue weighted by atomic mass is 35.5. The van der Waals surface area contributed by atoms with Gasteiger partial charge in [-0.3, -0.25) is 9.36 Å². The molecule has 49 heavy (non-hydrogen) atoms. The molecule has 0 amide bonds. The van der Waals surface area contributed by atoms with Crippen LogP contribution in [0.4, 0.5) is 0 Å². The average molecular weight is 716 g/mol. The van der Waals surface area contributed by atoms with Crippen LogP contribution in [0, 0.1) is 6.92 Å². The topological polar surface area (TPSA) is 96.3 Å². The first-order valence-electron chi connectivity index (χ1n) is 16.2. The van der Waals surface area contributed by atoms with Gasteiger partial charge in [0.25, 0.3) is 0 Å². The van der Waals surface area contributed by atoms with Crippen LogP contribution >= 0.6 is 35.1 Å². The molecule has 9 nitrogen and oxygen atoms in total.